The molecule has 0 saturated heterocycles. The number of aromatic nitrogens is 2. The van der Waals surface area contributed by atoms with Crippen LogP contribution in [0.1, 0.15) is 26.3 Å². The molecule has 4 nitrogen and oxygen atoms in total. The number of rotatable bonds is 0. The van der Waals surface area contributed by atoms with Gasteiger partial charge in [-0.05, 0) is 35.2 Å². The Morgan fingerprint density at radius 1 is 1.09 bits per heavy atom. The average Bonchev–Trinajstić information content (AvgIpc) is 2.48. The molecule has 0 bridgehead atoms. The number of ether oxygens (including phenoxy) is 1. The molecule has 1 N–H and O–H groups in total. The minimum absolute atomic E-state index is 0.0350. The van der Waals surface area contributed by atoms with Crippen LogP contribution in [0.2, 0.25) is 0 Å². The Kier molecular flexibility index (Phi) is 2.49. The Morgan fingerprint density at radius 2 is 1.91 bits per heavy atom. The maximum atomic E-state index is 12.0. The van der Waals surface area contributed by atoms with E-state index in [2.05, 4.69) is 43.1 Å². The van der Waals surface area contributed by atoms with Gasteiger partial charge >= 0.3 is 0 Å². The van der Waals surface area contributed by atoms with Crippen molar-refractivity contribution in [1.29, 1.82) is 0 Å². The fraction of sp³-hybridized carbons (Fsp3) is 0.222. The zero-order chi connectivity index (χ0) is 15.5. The van der Waals surface area contributed by atoms with Crippen LogP contribution in [-0.4, -0.2) is 10.2 Å². The average molecular weight is 292 g/mol. The van der Waals surface area contributed by atoms with Crippen LogP contribution in [-0.2, 0) is 5.41 Å². The van der Waals surface area contributed by atoms with Crippen LogP contribution in [0, 0.1) is 0 Å². The first kappa shape index (κ1) is 13.1. The van der Waals surface area contributed by atoms with E-state index in [0.717, 1.165) is 22.4 Å². The van der Waals surface area contributed by atoms with Crippen LogP contribution in [0.25, 0.3) is 22.0 Å². The van der Waals surface area contributed by atoms with Gasteiger partial charge in [-0.25, -0.2) is 5.10 Å². The summed E-state index contributed by atoms with van der Waals surface area (Å²) in [6.07, 6.45) is 0. The second kappa shape index (κ2) is 4.19. The van der Waals surface area contributed by atoms with Gasteiger partial charge in [-0.2, -0.15) is 5.10 Å². The molecule has 2 aromatic carbocycles. The van der Waals surface area contributed by atoms with E-state index < -0.39 is 0 Å². The maximum absolute atomic E-state index is 12.0. The van der Waals surface area contributed by atoms with Gasteiger partial charge in [-0.15, -0.1) is 0 Å². The Hall–Kier alpha value is -2.62. The van der Waals surface area contributed by atoms with Crippen LogP contribution in [0.5, 0.6) is 11.5 Å². The van der Waals surface area contributed by atoms with E-state index >= 15 is 0 Å². The Bertz CT molecular complexity index is 965. The standard InChI is InChI=1S/C18H16N2O2/c1-18(2,3)10-7-8-13-12(9-10)16-15-11(17(21)20-19-16)5-4-6-14(15)22-13/h4-9H,1-3H3,(H,20,21). The van der Waals surface area contributed by atoms with Crippen LogP contribution in [0.3, 0.4) is 0 Å². The van der Waals surface area contributed by atoms with Gasteiger partial charge in [0.25, 0.3) is 5.56 Å². The molecule has 1 aliphatic rings. The van der Waals surface area contributed by atoms with Crippen molar-refractivity contribution in [2.24, 2.45) is 0 Å². The van der Waals surface area contributed by atoms with Crippen molar-refractivity contribution < 1.29 is 4.74 Å². The number of fused-ring (bicyclic) bond motifs is 2. The van der Waals surface area contributed by atoms with Crippen molar-refractivity contribution in [3.05, 3.63) is 52.3 Å². The van der Waals surface area contributed by atoms with Gasteiger partial charge in [-0.3, -0.25) is 4.79 Å². The highest BCUT2D eigenvalue weighted by Crippen LogP contribution is 2.45. The number of hydrogen-bond donors (Lipinski definition) is 1. The van der Waals surface area contributed by atoms with E-state index in [0.29, 0.717) is 11.1 Å². The van der Waals surface area contributed by atoms with Crippen LogP contribution < -0.4 is 10.3 Å². The van der Waals surface area contributed by atoms with Crippen molar-refractivity contribution in [1.82, 2.24) is 10.2 Å². The minimum atomic E-state index is -0.195. The monoisotopic (exact) mass is 292 g/mol. The minimum Gasteiger partial charge on any atom is -0.456 e. The summed E-state index contributed by atoms with van der Waals surface area (Å²) >= 11 is 0. The highest BCUT2D eigenvalue weighted by atomic mass is 16.5. The quantitative estimate of drug-likeness (QED) is 0.533. The van der Waals surface area contributed by atoms with Gasteiger partial charge in [0.1, 0.15) is 17.2 Å². The number of nitrogens with one attached hydrogen (secondary N) is 1. The molecular formula is C18H16N2O2. The highest BCUT2D eigenvalue weighted by Gasteiger charge is 2.24. The van der Waals surface area contributed by atoms with Crippen molar-refractivity contribution in [2.45, 2.75) is 26.2 Å². The first-order valence-electron chi connectivity index (χ1n) is 7.29. The van der Waals surface area contributed by atoms with Crippen LogP contribution in [0.15, 0.2) is 41.2 Å². The molecule has 110 valence electrons. The number of nitrogens with zero attached hydrogens (tertiary/aromatic N) is 1. The Morgan fingerprint density at radius 3 is 2.68 bits per heavy atom. The molecule has 0 aliphatic carbocycles. The summed E-state index contributed by atoms with van der Waals surface area (Å²) in [4.78, 5) is 12.0. The fourth-order valence-corrected chi connectivity index (χ4v) is 2.86. The van der Waals surface area contributed by atoms with Gasteiger partial charge in [0, 0.05) is 5.56 Å². The predicted octanol–water partition coefficient (Wildman–Crippen LogP) is 3.99. The molecule has 4 rings (SSSR count). The van der Waals surface area contributed by atoms with E-state index in [4.69, 9.17) is 4.74 Å². The molecule has 4 heteroatoms. The molecule has 3 aromatic rings. The zero-order valence-corrected chi connectivity index (χ0v) is 12.7. The van der Waals surface area contributed by atoms with E-state index in [9.17, 15) is 4.79 Å². The summed E-state index contributed by atoms with van der Waals surface area (Å²) in [5.41, 5.74) is 2.74. The molecule has 0 fully saturated rings. The lowest BCUT2D eigenvalue weighted by molar-refractivity contribution is 0.484. The molecule has 0 radical (unpaired) electrons. The molecule has 0 amide bonds. The lowest BCUT2D eigenvalue weighted by Gasteiger charge is -2.24. The van der Waals surface area contributed by atoms with Crippen molar-refractivity contribution in [2.75, 3.05) is 0 Å². The molecular weight excluding hydrogens is 276 g/mol. The molecule has 0 atom stereocenters. The molecule has 1 aromatic heterocycles. The Labute approximate surface area is 127 Å². The van der Waals surface area contributed by atoms with Crippen molar-refractivity contribution in [3.63, 3.8) is 0 Å². The topological polar surface area (TPSA) is 55.0 Å². The second-order valence-electron chi connectivity index (χ2n) is 6.64. The second-order valence-corrected chi connectivity index (χ2v) is 6.64. The largest absolute Gasteiger partial charge is 0.456 e. The van der Waals surface area contributed by atoms with Gasteiger partial charge in [-0.1, -0.05) is 32.9 Å². The van der Waals surface area contributed by atoms with Gasteiger partial charge < -0.3 is 4.74 Å². The Balaban J connectivity index is 2.09. The van der Waals surface area contributed by atoms with Gasteiger partial charge in [0.05, 0.1) is 10.8 Å². The number of H-pyrrole nitrogens is 1. The molecule has 1 aliphatic heterocycles. The number of hydrogen-bond acceptors (Lipinski definition) is 3. The summed E-state index contributed by atoms with van der Waals surface area (Å²) in [5, 5.41) is 8.26. The molecule has 0 spiro atoms. The van der Waals surface area contributed by atoms with Crippen molar-refractivity contribution in [3.8, 4) is 22.8 Å². The smallest absolute Gasteiger partial charge is 0.272 e. The third kappa shape index (κ3) is 1.77. The predicted molar refractivity (Wildman–Crippen MR) is 86.6 cm³/mol. The molecule has 22 heavy (non-hydrogen) atoms. The summed E-state index contributed by atoms with van der Waals surface area (Å²) < 4.78 is 5.98. The van der Waals surface area contributed by atoms with E-state index in [-0.39, 0.29) is 11.0 Å². The summed E-state index contributed by atoms with van der Waals surface area (Å²) in [6, 6.07) is 11.6. The molecule has 2 heterocycles. The first-order valence-corrected chi connectivity index (χ1v) is 7.29. The lowest BCUT2D eigenvalue weighted by atomic mass is 9.85. The third-order valence-corrected chi connectivity index (χ3v) is 4.10. The van der Waals surface area contributed by atoms with Crippen LogP contribution in [0.4, 0.5) is 0 Å². The van der Waals surface area contributed by atoms with E-state index in [1.807, 2.05) is 18.2 Å². The van der Waals surface area contributed by atoms with E-state index in [1.54, 1.807) is 6.07 Å². The molecule has 0 saturated carbocycles. The fourth-order valence-electron chi connectivity index (χ4n) is 2.86. The SMILES string of the molecule is CC(C)(C)c1ccc2c(c1)-c1n[nH]c(=O)c3cccc(c13)O2. The number of aromatic amines is 1. The van der Waals surface area contributed by atoms with Crippen molar-refractivity contribution >= 4 is 10.8 Å². The first-order chi connectivity index (χ1) is 10.4. The summed E-state index contributed by atoms with van der Waals surface area (Å²) in [7, 11) is 0. The normalized spacial score (nSPS) is 12.9. The number of benzene rings is 2. The van der Waals surface area contributed by atoms with Gasteiger partial charge in [0.15, 0.2) is 0 Å². The summed E-state index contributed by atoms with van der Waals surface area (Å²) in [6.45, 7) is 6.51. The zero-order valence-electron chi connectivity index (χ0n) is 12.7. The molecule has 0 unspecified atom stereocenters. The third-order valence-electron chi connectivity index (χ3n) is 4.10. The van der Waals surface area contributed by atoms with Gasteiger partial charge in [0.2, 0.25) is 0 Å². The maximum Gasteiger partial charge on any atom is 0.272 e. The highest BCUT2D eigenvalue weighted by molar-refractivity contribution is 6.01. The van der Waals surface area contributed by atoms with Crippen LogP contribution >= 0.6 is 0 Å². The lowest BCUT2D eigenvalue weighted by Crippen LogP contribution is -2.14. The summed E-state index contributed by atoms with van der Waals surface area (Å²) in [5.74, 6) is 1.45. The van der Waals surface area contributed by atoms with E-state index in [1.165, 1.54) is 5.56 Å².